The number of anilines is 3. The van der Waals surface area contributed by atoms with Crippen LogP contribution in [0, 0.1) is 0 Å². The summed E-state index contributed by atoms with van der Waals surface area (Å²) in [5.41, 5.74) is 19.9. The van der Waals surface area contributed by atoms with Crippen LogP contribution in [0.3, 0.4) is 0 Å². The van der Waals surface area contributed by atoms with Crippen molar-refractivity contribution in [3.8, 4) is 11.1 Å². The van der Waals surface area contributed by atoms with Gasteiger partial charge in [-0.2, -0.15) is 0 Å². The molecule has 2 atom stereocenters. The predicted octanol–water partition coefficient (Wildman–Crippen LogP) is 14.3. The summed E-state index contributed by atoms with van der Waals surface area (Å²) in [6.07, 6.45) is 30.8. The molecule has 12 rings (SSSR count). The zero-order valence-corrected chi connectivity index (χ0v) is 33.3. The second kappa shape index (κ2) is 13.7. The molecule has 0 bridgehead atoms. The van der Waals surface area contributed by atoms with Crippen LogP contribution in [0.15, 0.2) is 199 Å². The van der Waals surface area contributed by atoms with E-state index < -0.39 is 5.41 Å². The number of para-hydroxylation sites is 1. The Morgan fingerprint density at radius 2 is 1.34 bits per heavy atom. The number of hydrogen-bond acceptors (Lipinski definition) is 2. The summed E-state index contributed by atoms with van der Waals surface area (Å²) in [5, 5.41) is 2.68. The van der Waals surface area contributed by atoms with Gasteiger partial charge in [0.1, 0.15) is 0 Å². The lowest BCUT2D eigenvalue weighted by atomic mass is 9.68. The van der Waals surface area contributed by atoms with E-state index in [9.17, 15) is 0 Å². The van der Waals surface area contributed by atoms with E-state index in [0.29, 0.717) is 0 Å². The van der Waals surface area contributed by atoms with Gasteiger partial charge in [-0.15, -0.1) is 0 Å². The lowest BCUT2D eigenvalue weighted by Crippen LogP contribution is -2.35. The van der Waals surface area contributed by atoms with Crippen LogP contribution < -0.4 is 9.80 Å². The van der Waals surface area contributed by atoms with Gasteiger partial charge >= 0.3 is 0 Å². The van der Waals surface area contributed by atoms with Crippen molar-refractivity contribution >= 4 is 39.5 Å². The standard InChI is InChI=1S/C57H46N2/c1-4-20-40(21-5-1)58(41-22-6-2-7-23-41)54-34-18-33-52-56(54)49-30-15-17-32-51(49)57(52)50-31-16-14-28-46(50)47-36-35-43(38-53(47)57)59(42-24-8-3-9-25-42)55-37-39-19-10-11-26-44(39)45-27-12-13-29-48(45)55/h1-2,4-8,10-11,13-17,19-22,24-26,28-32,34-38,41H,3,9,12,18,23,27,33H2. The van der Waals surface area contributed by atoms with Gasteiger partial charge in [-0.3, -0.25) is 0 Å². The molecular formula is C57H46N2. The zero-order valence-electron chi connectivity index (χ0n) is 33.3. The number of benzene rings is 6. The first-order chi connectivity index (χ1) is 29.3. The van der Waals surface area contributed by atoms with Gasteiger partial charge in [0.25, 0.3) is 0 Å². The van der Waals surface area contributed by atoms with Crippen LogP contribution in [-0.2, 0) is 11.8 Å². The molecule has 0 saturated carbocycles. The molecule has 0 aliphatic heterocycles. The van der Waals surface area contributed by atoms with Crippen LogP contribution in [0.25, 0.3) is 33.5 Å². The summed E-state index contributed by atoms with van der Waals surface area (Å²) < 4.78 is 0. The number of fused-ring (bicyclic) bond motifs is 12. The molecule has 0 radical (unpaired) electrons. The number of allylic oxidation sites excluding steroid dienone is 9. The molecule has 6 aromatic carbocycles. The Morgan fingerprint density at radius 3 is 2.19 bits per heavy atom. The van der Waals surface area contributed by atoms with Crippen molar-refractivity contribution in [2.75, 3.05) is 9.80 Å². The average Bonchev–Trinajstić information content (AvgIpc) is 3.78. The molecule has 0 saturated heterocycles. The van der Waals surface area contributed by atoms with Gasteiger partial charge in [-0.05, 0) is 137 Å². The summed E-state index contributed by atoms with van der Waals surface area (Å²) in [6.45, 7) is 0. The van der Waals surface area contributed by atoms with Crippen LogP contribution in [0.2, 0.25) is 0 Å². The SMILES string of the molecule is C1=CCC(N(C2=CCCC3=C2c2ccccc2C32c3ccccc3-c3ccc(N(C4=CCCC=C4)c4cc5ccccc5c5c4C=CCC5)cc32)c2ccccc2)C=C1. The van der Waals surface area contributed by atoms with Crippen molar-refractivity contribution in [2.24, 2.45) is 0 Å². The highest BCUT2D eigenvalue weighted by atomic mass is 15.2. The average molecular weight is 759 g/mol. The monoisotopic (exact) mass is 758 g/mol. The molecule has 2 heteroatoms. The summed E-state index contributed by atoms with van der Waals surface area (Å²) in [6, 6.07) is 48.8. The molecule has 0 amide bonds. The van der Waals surface area contributed by atoms with Crippen molar-refractivity contribution in [1.82, 2.24) is 0 Å². The molecule has 6 aliphatic rings. The fourth-order valence-corrected chi connectivity index (χ4v) is 11.4. The van der Waals surface area contributed by atoms with Crippen LogP contribution in [0.1, 0.15) is 71.9 Å². The first kappa shape index (κ1) is 34.4. The molecule has 2 nitrogen and oxygen atoms in total. The maximum absolute atomic E-state index is 2.63. The first-order valence-electron chi connectivity index (χ1n) is 21.6. The Labute approximate surface area is 347 Å². The van der Waals surface area contributed by atoms with Gasteiger partial charge in [0.05, 0.1) is 17.1 Å². The second-order valence-corrected chi connectivity index (χ2v) is 16.8. The third-order valence-corrected chi connectivity index (χ3v) is 13.7. The highest BCUT2D eigenvalue weighted by molar-refractivity contribution is 6.02. The first-order valence-corrected chi connectivity index (χ1v) is 21.6. The van der Waals surface area contributed by atoms with Gasteiger partial charge in [0.2, 0.25) is 0 Å². The van der Waals surface area contributed by atoms with E-state index in [1.54, 1.807) is 0 Å². The van der Waals surface area contributed by atoms with Gasteiger partial charge in [-0.25, -0.2) is 0 Å². The van der Waals surface area contributed by atoms with Crippen molar-refractivity contribution in [3.63, 3.8) is 0 Å². The number of hydrogen-bond donors (Lipinski definition) is 0. The summed E-state index contributed by atoms with van der Waals surface area (Å²) >= 11 is 0. The van der Waals surface area contributed by atoms with Crippen molar-refractivity contribution in [2.45, 2.75) is 56.4 Å². The zero-order chi connectivity index (χ0) is 38.9. The summed E-state index contributed by atoms with van der Waals surface area (Å²) in [4.78, 5) is 5.21. The Kier molecular flexibility index (Phi) is 8.01. The molecule has 284 valence electrons. The Hall–Kier alpha value is -6.64. The maximum atomic E-state index is 2.63. The summed E-state index contributed by atoms with van der Waals surface area (Å²) in [7, 11) is 0. The minimum Gasteiger partial charge on any atom is -0.334 e. The van der Waals surface area contributed by atoms with Crippen LogP contribution in [0.4, 0.5) is 17.1 Å². The van der Waals surface area contributed by atoms with Crippen LogP contribution in [-0.4, -0.2) is 6.04 Å². The van der Waals surface area contributed by atoms with E-state index in [4.69, 9.17) is 0 Å². The molecule has 2 unspecified atom stereocenters. The normalized spacial score (nSPS) is 20.5. The molecule has 0 heterocycles. The van der Waals surface area contributed by atoms with Crippen molar-refractivity contribution in [3.05, 3.63) is 232 Å². The molecule has 1 spiro atoms. The quantitative estimate of drug-likeness (QED) is 0.167. The Bertz CT molecular complexity index is 2930. The number of rotatable bonds is 6. The molecule has 59 heavy (non-hydrogen) atoms. The van der Waals surface area contributed by atoms with E-state index in [1.165, 1.54) is 94.9 Å². The van der Waals surface area contributed by atoms with Crippen molar-refractivity contribution in [1.29, 1.82) is 0 Å². The van der Waals surface area contributed by atoms with Crippen LogP contribution >= 0.6 is 0 Å². The Morgan fingerprint density at radius 1 is 0.559 bits per heavy atom. The largest absolute Gasteiger partial charge is 0.334 e. The molecule has 0 aromatic heterocycles. The third-order valence-electron chi connectivity index (χ3n) is 13.7. The smallest absolute Gasteiger partial charge is 0.0690 e. The minimum absolute atomic E-state index is 0.228. The van der Waals surface area contributed by atoms with Gasteiger partial charge in [0, 0.05) is 33.9 Å². The maximum Gasteiger partial charge on any atom is 0.0690 e. The molecule has 0 N–H and O–H groups in total. The minimum atomic E-state index is -0.413. The number of nitrogens with zero attached hydrogens (tertiary/aromatic N) is 2. The Balaban J connectivity index is 1.12. The van der Waals surface area contributed by atoms with Crippen molar-refractivity contribution < 1.29 is 0 Å². The highest BCUT2D eigenvalue weighted by Crippen LogP contribution is 2.65. The van der Waals surface area contributed by atoms with E-state index in [2.05, 4.69) is 198 Å². The topological polar surface area (TPSA) is 6.48 Å². The lowest BCUT2D eigenvalue weighted by Gasteiger charge is -2.39. The molecule has 6 aromatic rings. The van der Waals surface area contributed by atoms with Gasteiger partial charge < -0.3 is 9.80 Å². The molecule has 6 aliphatic carbocycles. The predicted molar refractivity (Wildman–Crippen MR) is 248 cm³/mol. The fraction of sp³-hybridized carbons (Fsp3) is 0.158. The number of aryl methyl sites for hydroxylation is 1. The van der Waals surface area contributed by atoms with E-state index in [1.807, 2.05) is 0 Å². The molecular weight excluding hydrogens is 713 g/mol. The van der Waals surface area contributed by atoms with Crippen LogP contribution in [0.5, 0.6) is 0 Å². The fourth-order valence-electron chi connectivity index (χ4n) is 11.4. The van der Waals surface area contributed by atoms with Gasteiger partial charge in [0.15, 0.2) is 0 Å². The van der Waals surface area contributed by atoms with Gasteiger partial charge in [-0.1, -0.05) is 152 Å². The van der Waals surface area contributed by atoms with E-state index in [-0.39, 0.29) is 6.04 Å². The van der Waals surface area contributed by atoms with E-state index in [0.717, 1.165) is 44.9 Å². The summed E-state index contributed by atoms with van der Waals surface area (Å²) in [5.74, 6) is 0. The highest BCUT2D eigenvalue weighted by Gasteiger charge is 2.54. The second-order valence-electron chi connectivity index (χ2n) is 16.8. The lowest BCUT2D eigenvalue weighted by molar-refractivity contribution is 0.703. The van der Waals surface area contributed by atoms with E-state index >= 15 is 0 Å². The third kappa shape index (κ3) is 5.12. The molecule has 0 fully saturated rings.